The van der Waals surface area contributed by atoms with E-state index in [0.717, 1.165) is 62.2 Å². The number of ether oxygens (including phenoxy) is 1. The summed E-state index contributed by atoms with van der Waals surface area (Å²) in [6.45, 7) is 1.80. The number of imidazole rings is 1. The Labute approximate surface area is 194 Å². The molecule has 1 aromatic heterocycles. The molecule has 6 nitrogen and oxygen atoms in total. The molecule has 0 saturated carbocycles. The van der Waals surface area contributed by atoms with Crippen LogP contribution in [0.1, 0.15) is 50.1 Å². The van der Waals surface area contributed by atoms with Gasteiger partial charge in [-0.15, -0.1) is 0 Å². The Morgan fingerprint density at radius 3 is 2.64 bits per heavy atom. The summed E-state index contributed by atoms with van der Waals surface area (Å²) in [6.07, 6.45) is 10.5. The molecule has 33 heavy (non-hydrogen) atoms. The Kier molecular flexibility index (Phi) is 6.51. The fraction of sp³-hybridized carbons (Fsp3) is 0.370. The smallest absolute Gasteiger partial charge is 0.310 e. The summed E-state index contributed by atoms with van der Waals surface area (Å²) < 4.78 is 8.04. The number of hydrogen-bond donors (Lipinski definition) is 0. The molecule has 0 radical (unpaired) electrons. The summed E-state index contributed by atoms with van der Waals surface area (Å²) in [6, 6.07) is 18.6. The highest BCUT2D eigenvalue weighted by Gasteiger charge is 2.30. The molecule has 0 amide bonds. The quantitative estimate of drug-likeness (QED) is 0.500. The molecule has 170 valence electrons. The molecular formula is C27H30N4O2. The molecule has 2 aliphatic heterocycles. The van der Waals surface area contributed by atoms with Gasteiger partial charge in [0.15, 0.2) is 6.23 Å². The lowest BCUT2D eigenvalue weighted by atomic mass is 9.99. The van der Waals surface area contributed by atoms with Crippen LogP contribution in [-0.4, -0.2) is 45.6 Å². The molecule has 2 aromatic carbocycles. The predicted molar refractivity (Wildman–Crippen MR) is 129 cm³/mol. The number of carbonyl (C=O) groups is 1. The summed E-state index contributed by atoms with van der Waals surface area (Å²) in [7, 11) is 0. The van der Waals surface area contributed by atoms with Crippen LogP contribution in [0.25, 0.3) is 11.1 Å². The second kappa shape index (κ2) is 10.0. The van der Waals surface area contributed by atoms with Gasteiger partial charge in [0.1, 0.15) is 5.84 Å². The minimum Gasteiger partial charge on any atom is -0.441 e. The standard InChI is InChI=1S/C27H30N4O2/c32-27(33-26-10-5-4-9-25-29-15-6-17-31(25)26)19-24(30-18-16-28-20-30)23-13-11-22(12-14-23)21-7-2-1-3-8-21/h1-3,7-8,11-14,16,18,20,24,26H,4-6,9-10,15,17,19H2. The lowest BCUT2D eigenvalue weighted by Crippen LogP contribution is -2.44. The number of amidine groups is 1. The lowest BCUT2D eigenvalue weighted by Gasteiger charge is -2.34. The molecule has 3 heterocycles. The first-order valence-electron chi connectivity index (χ1n) is 11.9. The number of esters is 1. The third-order valence-electron chi connectivity index (χ3n) is 6.55. The average molecular weight is 443 g/mol. The first kappa shape index (κ1) is 21.4. The van der Waals surface area contributed by atoms with Crippen LogP contribution in [0.15, 0.2) is 78.3 Å². The number of benzene rings is 2. The minimum atomic E-state index is -0.206. The number of aliphatic imine (C=N–C) groups is 1. The van der Waals surface area contributed by atoms with E-state index in [4.69, 9.17) is 9.73 Å². The molecule has 2 aliphatic rings. The summed E-state index contributed by atoms with van der Waals surface area (Å²) >= 11 is 0. The molecule has 3 aromatic rings. The van der Waals surface area contributed by atoms with E-state index in [9.17, 15) is 4.79 Å². The highest BCUT2D eigenvalue weighted by atomic mass is 16.6. The van der Waals surface area contributed by atoms with Crippen molar-refractivity contribution in [3.8, 4) is 11.1 Å². The fourth-order valence-corrected chi connectivity index (χ4v) is 4.82. The summed E-state index contributed by atoms with van der Waals surface area (Å²) in [5.74, 6) is 0.928. The van der Waals surface area contributed by atoms with Crippen LogP contribution in [-0.2, 0) is 9.53 Å². The van der Waals surface area contributed by atoms with Crippen molar-refractivity contribution < 1.29 is 9.53 Å². The van der Waals surface area contributed by atoms with Gasteiger partial charge >= 0.3 is 5.97 Å². The van der Waals surface area contributed by atoms with Crippen LogP contribution in [0.5, 0.6) is 0 Å². The second-order valence-electron chi connectivity index (χ2n) is 8.75. The SMILES string of the molecule is O=C(CC(c1ccc(-c2ccccc2)cc1)n1ccnc1)OC1CCCCC2=NCCCN21. The van der Waals surface area contributed by atoms with Gasteiger partial charge in [0.05, 0.1) is 18.8 Å². The van der Waals surface area contributed by atoms with Gasteiger partial charge in [-0.25, -0.2) is 4.98 Å². The highest BCUT2D eigenvalue weighted by molar-refractivity contribution is 5.83. The van der Waals surface area contributed by atoms with Crippen molar-refractivity contribution in [3.05, 3.63) is 78.9 Å². The lowest BCUT2D eigenvalue weighted by molar-refractivity contribution is -0.157. The maximum Gasteiger partial charge on any atom is 0.310 e. The molecule has 2 unspecified atom stereocenters. The largest absolute Gasteiger partial charge is 0.441 e. The number of rotatable bonds is 6. The van der Waals surface area contributed by atoms with Crippen LogP contribution >= 0.6 is 0 Å². The monoisotopic (exact) mass is 442 g/mol. The van der Waals surface area contributed by atoms with Crippen molar-refractivity contribution >= 4 is 11.8 Å². The first-order valence-corrected chi connectivity index (χ1v) is 11.9. The third kappa shape index (κ3) is 5.00. The van der Waals surface area contributed by atoms with Crippen LogP contribution in [0.2, 0.25) is 0 Å². The molecule has 5 rings (SSSR count). The highest BCUT2D eigenvalue weighted by Crippen LogP contribution is 2.28. The van der Waals surface area contributed by atoms with Gasteiger partial charge in [0, 0.05) is 38.3 Å². The number of fused-ring (bicyclic) bond motifs is 1. The third-order valence-corrected chi connectivity index (χ3v) is 6.55. The maximum atomic E-state index is 13.1. The fourth-order valence-electron chi connectivity index (χ4n) is 4.82. The van der Waals surface area contributed by atoms with Crippen LogP contribution in [0, 0.1) is 0 Å². The van der Waals surface area contributed by atoms with Crippen molar-refractivity contribution in [2.75, 3.05) is 13.1 Å². The molecule has 1 saturated heterocycles. The van der Waals surface area contributed by atoms with Crippen LogP contribution in [0.4, 0.5) is 0 Å². The van der Waals surface area contributed by atoms with E-state index in [2.05, 4.69) is 46.3 Å². The van der Waals surface area contributed by atoms with Gasteiger partial charge in [-0.05, 0) is 36.0 Å². The van der Waals surface area contributed by atoms with E-state index >= 15 is 0 Å². The molecule has 1 fully saturated rings. The van der Waals surface area contributed by atoms with Gasteiger partial charge < -0.3 is 14.2 Å². The zero-order valence-corrected chi connectivity index (χ0v) is 18.8. The molecule has 0 spiro atoms. The van der Waals surface area contributed by atoms with Crippen molar-refractivity contribution in [3.63, 3.8) is 0 Å². The summed E-state index contributed by atoms with van der Waals surface area (Å²) in [4.78, 5) is 24.3. The Morgan fingerprint density at radius 1 is 1.03 bits per heavy atom. The Morgan fingerprint density at radius 2 is 1.85 bits per heavy atom. The van der Waals surface area contributed by atoms with Crippen molar-refractivity contribution in [2.45, 2.75) is 50.8 Å². The van der Waals surface area contributed by atoms with E-state index in [1.807, 2.05) is 29.0 Å². The van der Waals surface area contributed by atoms with Gasteiger partial charge in [0.25, 0.3) is 0 Å². The normalized spacial score (nSPS) is 19.2. The molecule has 0 aliphatic carbocycles. The van der Waals surface area contributed by atoms with Crippen LogP contribution in [0.3, 0.4) is 0 Å². The number of nitrogens with zero attached hydrogens (tertiary/aromatic N) is 4. The predicted octanol–water partition coefficient (Wildman–Crippen LogP) is 5.08. The van der Waals surface area contributed by atoms with Crippen LogP contribution < -0.4 is 0 Å². The van der Waals surface area contributed by atoms with Gasteiger partial charge in [-0.1, -0.05) is 54.6 Å². The minimum absolute atomic E-state index is 0.162. The molecule has 0 bridgehead atoms. The van der Waals surface area contributed by atoms with E-state index < -0.39 is 0 Å². The maximum absolute atomic E-state index is 13.1. The summed E-state index contributed by atoms with van der Waals surface area (Å²) in [5.41, 5.74) is 3.39. The van der Waals surface area contributed by atoms with Gasteiger partial charge in [0.2, 0.25) is 0 Å². The first-order chi connectivity index (χ1) is 16.3. The van der Waals surface area contributed by atoms with Gasteiger partial charge in [-0.3, -0.25) is 9.79 Å². The number of hydrogen-bond acceptors (Lipinski definition) is 5. The molecule has 2 atom stereocenters. The van der Waals surface area contributed by atoms with E-state index in [0.29, 0.717) is 0 Å². The molecule has 6 heteroatoms. The second-order valence-corrected chi connectivity index (χ2v) is 8.75. The van der Waals surface area contributed by atoms with E-state index in [-0.39, 0.29) is 24.7 Å². The van der Waals surface area contributed by atoms with E-state index in [1.165, 1.54) is 5.56 Å². The van der Waals surface area contributed by atoms with Gasteiger partial charge in [-0.2, -0.15) is 0 Å². The Bertz CT molecular complexity index is 1080. The number of carbonyl (C=O) groups excluding carboxylic acids is 1. The zero-order chi connectivity index (χ0) is 22.5. The molecular weight excluding hydrogens is 412 g/mol. The zero-order valence-electron chi connectivity index (χ0n) is 18.8. The number of aromatic nitrogens is 2. The van der Waals surface area contributed by atoms with E-state index in [1.54, 1.807) is 12.5 Å². The van der Waals surface area contributed by atoms with Crippen molar-refractivity contribution in [1.29, 1.82) is 0 Å². The van der Waals surface area contributed by atoms with Crippen molar-refractivity contribution in [2.24, 2.45) is 4.99 Å². The molecule has 0 N–H and O–H groups in total. The topological polar surface area (TPSA) is 59.7 Å². The Hall–Kier alpha value is -3.41. The average Bonchev–Trinajstić information content (AvgIpc) is 3.32. The summed E-state index contributed by atoms with van der Waals surface area (Å²) in [5, 5.41) is 0. The Balaban J connectivity index is 1.33. The van der Waals surface area contributed by atoms with Crippen molar-refractivity contribution in [1.82, 2.24) is 14.5 Å².